The molecule has 7 nitrogen and oxygen atoms in total. The normalized spacial score (nSPS) is 26.2. The van der Waals surface area contributed by atoms with Crippen LogP contribution in [0.15, 0.2) is 22.5 Å². The van der Waals surface area contributed by atoms with E-state index in [9.17, 15) is 5.11 Å². The van der Waals surface area contributed by atoms with Crippen LogP contribution >= 0.6 is 35.3 Å². The third-order valence-corrected chi connectivity index (χ3v) is 6.77. The Morgan fingerprint density at radius 1 is 1.43 bits per heavy atom. The van der Waals surface area contributed by atoms with Gasteiger partial charge in [-0.1, -0.05) is 6.07 Å². The molecule has 3 unspecified atom stereocenters. The van der Waals surface area contributed by atoms with Crippen LogP contribution in [0.2, 0.25) is 0 Å². The molecule has 3 atom stereocenters. The molecule has 2 aliphatic heterocycles. The summed E-state index contributed by atoms with van der Waals surface area (Å²) in [4.78, 5) is 8.74. The highest BCUT2D eigenvalue weighted by atomic mass is 127. The molecule has 3 rings (SSSR count). The van der Waals surface area contributed by atoms with E-state index in [0.717, 1.165) is 58.2 Å². The second-order valence-corrected chi connectivity index (χ2v) is 9.04. The summed E-state index contributed by atoms with van der Waals surface area (Å²) in [5.41, 5.74) is -0.0378. The van der Waals surface area contributed by atoms with Gasteiger partial charge in [-0.25, -0.2) is 0 Å². The Kier molecular flexibility index (Phi) is 11.3. The van der Waals surface area contributed by atoms with Gasteiger partial charge in [0.05, 0.1) is 31.9 Å². The molecule has 0 aromatic carbocycles. The highest BCUT2D eigenvalue weighted by Gasteiger charge is 2.34. The van der Waals surface area contributed by atoms with E-state index in [0.29, 0.717) is 19.2 Å². The zero-order valence-corrected chi connectivity index (χ0v) is 21.3. The van der Waals surface area contributed by atoms with Gasteiger partial charge in [-0.2, -0.15) is 0 Å². The molecule has 1 aromatic rings. The highest BCUT2D eigenvalue weighted by molar-refractivity contribution is 14.0. The summed E-state index contributed by atoms with van der Waals surface area (Å²) in [6.45, 7) is 10.8. The molecule has 0 saturated carbocycles. The number of aliphatic imine (C=N–C) groups is 1. The second kappa shape index (κ2) is 13.2. The standard InChI is InChI=1S/C21H36N4O3S.HI/c1-3-22-20(24-15-21(6-9-26)7-10-27-16-21)23-13-18(19-5-4-12-29-19)25-8-11-28-17(2)14-25;/h4-5,12,17-18,26H,3,6-11,13-16H2,1-2H3,(H2,22,23,24);1H. The zero-order valence-electron chi connectivity index (χ0n) is 18.1. The SMILES string of the molecule is CCNC(=NCC1(CCO)CCOC1)NCC(c1cccs1)N1CCOC(C)C1.I. The lowest BCUT2D eigenvalue weighted by Gasteiger charge is -2.37. The Balaban J connectivity index is 0.00000320. The van der Waals surface area contributed by atoms with Gasteiger partial charge in [-0.05, 0) is 38.1 Å². The van der Waals surface area contributed by atoms with E-state index in [1.54, 1.807) is 11.3 Å². The van der Waals surface area contributed by atoms with Crippen molar-refractivity contribution in [2.24, 2.45) is 10.4 Å². The predicted molar refractivity (Wildman–Crippen MR) is 133 cm³/mol. The molecule has 172 valence electrons. The number of aliphatic hydroxyl groups is 1. The largest absolute Gasteiger partial charge is 0.396 e. The van der Waals surface area contributed by atoms with Gasteiger partial charge in [0, 0.05) is 49.7 Å². The number of guanidine groups is 1. The molecule has 9 heteroatoms. The Bertz CT molecular complexity index is 626. The lowest BCUT2D eigenvalue weighted by Crippen LogP contribution is -2.48. The second-order valence-electron chi connectivity index (χ2n) is 8.06. The van der Waals surface area contributed by atoms with Crippen LogP contribution in [0.4, 0.5) is 0 Å². The van der Waals surface area contributed by atoms with Crippen LogP contribution < -0.4 is 10.6 Å². The first-order valence-electron chi connectivity index (χ1n) is 10.8. The Labute approximate surface area is 201 Å². The highest BCUT2D eigenvalue weighted by Crippen LogP contribution is 2.32. The van der Waals surface area contributed by atoms with Crippen LogP contribution in [0.25, 0.3) is 0 Å². The van der Waals surface area contributed by atoms with Gasteiger partial charge in [0.2, 0.25) is 0 Å². The van der Waals surface area contributed by atoms with Crippen molar-refractivity contribution in [3.05, 3.63) is 22.4 Å². The molecular weight excluding hydrogens is 515 g/mol. The molecule has 30 heavy (non-hydrogen) atoms. The van der Waals surface area contributed by atoms with Crippen LogP contribution in [0.3, 0.4) is 0 Å². The van der Waals surface area contributed by atoms with E-state index >= 15 is 0 Å². The smallest absolute Gasteiger partial charge is 0.191 e. The van der Waals surface area contributed by atoms with Crippen molar-refractivity contribution in [2.45, 2.75) is 38.8 Å². The van der Waals surface area contributed by atoms with Crippen molar-refractivity contribution < 1.29 is 14.6 Å². The third-order valence-electron chi connectivity index (χ3n) is 5.79. The number of halogens is 1. The number of morpholine rings is 1. The van der Waals surface area contributed by atoms with Crippen molar-refractivity contribution >= 4 is 41.3 Å². The molecule has 0 radical (unpaired) electrons. The number of hydrogen-bond acceptors (Lipinski definition) is 6. The van der Waals surface area contributed by atoms with Crippen LogP contribution in [0, 0.1) is 5.41 Å². The first kappa shape index (κ1) is 25.8. The minimum Gasteiger partial charge on any atom is -0.396 e. The number of thiophene rings is 1. The summed E-state index contributed by atoms with van der Waals surface area (Å²) >= 11 is 1.80. The monoisotopic (exact) mass is 552 g/mol. The maximum atomic E-state index is 9.46. The first-order chi connectivity index (χ1) is 14.2. The van der Waals surface area contributed by atoms with Gasteiger partial charge < -0.3 is 25.2 Å². The lowest BCUT2D eigenvalue weighted by atomic mass is 9.84. The number of aliphatic hydroxyl groups excluding tert-OH is 1. The van der Waals surface area contributed by atoms with Gasteiger partial charge in [0.25, 0.3) is 0 Å². The predicted octanol–water partition coefficient (Wildman–Crippen LogP) is 2.47. The quantitative estimate of drug-likeness (QED) is 0.248. The average Bonchev–Trinajstić information content (AvgIpc) is 3.40. The van der Waals surface area contributed by atoms with E-state index in [-0.39, 0.29) is 42.1 Å². The van der Waals surface area contributed by atoms with Gasteiger partial charge in [-0.15, -0.1) is 35.3 Å². The fourth-order valence-electron chi connectivity index (χ4n) is 4.09. The summed E-state index contributed by atoms with van der Waals surface area (Å²) in [6, 6.07) is 4.63. The molecule has 2 fully saturated rings. The van der Waals surface area contributed by atoms with Crippen LogP contribution in [-0.4, -0.2) is 81.2 Å². The van der Waals surface area contributed by atoms with Crippen LogP contribution in [0.5, 0.6) is 0 Å². The maximum Gasteiger partial charge on any atom is 0.191 e. The minimum atomic E-state index is -0.0378. The van der Waals surface area contributed by atoms with Crippen molar-refractivity contribution in [3.63, 3.8) is 0 Å². The van der Waals surface area contributed by atoms with Gasteiger partial charge in [0.15, 0.2) is 5.96 Å². The zero-order chi connectivity index (χ0) is 20.5. The fourth-order valence-corrected chi connectivity index (χ4v) is 4.95. The number of hydrogen-bond donors (Lipinski definition) is 3. The van der Waals surface area contributed by atoms with Crippen molar-refractivity contribution in [3.8, 4) is 0 Å². The Morgan fingerprint density at radius 3 is 2.93 bits per heavy atom. The molecule has 2 saturated heterocycles. The van der Waals surface area contributed by atoms with E-state index in [1.807, 2.05) is 0 Å². The van der Waals surface area contributed by atoms with E-state index in [4.69, 9.17) is 14.5 Å². The summed E-state index contributed by atoms with van der Waals surface area (Å²) < 4.78 is 11.3. The van der Waals surface area contributed by atoms with Crippen molar-refractivity contribution in [1.82, 2.24) is 15.5 Å². The van der Waals surface area contributed by atoms with E-state index in [1.165, 1.54) is 4.88 Å². The minimum absolute atomic E-state index is 0. The molecule has 3 N–H and O–H groups in total. The number of nitrogens with zero attached hydrogens (tertiary/aromatic N) is 2. The number of rotatable bonds is 9. The maximum absolute atomic E-state index is 9.46. The average molecular weight is 553 g/mol. The summed E-state index contributed by atoms with van der Waals surface area (Å²) in [5, 5.41) is 18.5. The Hall–Kier alpha value is -0.460. The molecule has 0 bridgehead atoms. The van der Waals surface area contributed by atoms with Crippen molar-refractivity contribution in [1.29, 1.82) is 0 Å². The van der Waals surface area contributed by atoms with Crippen molar-refractivity contribution in [2.75, 3.05) is 59.2 Å². The molecule has 0 amide bonds. The molecule has 0 aliphatic carbocycles. The summed E-state index contributed by atoms with van der Waals surface area (Å²) in [6.07, 6.45) is 1.95. The Morgan fingerprint density at radius 2 is 2.30 bits per heavy atom. The summed E-state index contributed by atoms with van der Waals surface area (Å²) in [5.74, 6) is 0.833. The number of ether oxygens (including phenoxy) is 2. The van der Waals surface area contributed by atoms with E-state index in [2.05, 4.69) is 46.9 Å². The molecule has 2 aliphatic rings. The topological polar surface area (TPSA) is 78.4 Å². The van der Waals surface area contributed by atoms with Crippen LogP contribution in [0.1, 0.15) is 37.6 Å². The van der Waals surface area contributed by atoms with Gasteiger partial charge in [-0.3, -0.25) is 9.89 Å². The molecule has 0 spiro atoms. The van der Waals surface area contributed by atoms with Gasteiger partial charge in [0.1, 0.15) is 0 Å². The first-order valence-corrected chi connectivity index (χ1v) is 11.6. The molecular formula is C21H37IN4O3S. The summed E-state index contributed by atoms with van der Waals surface area (Å²) in [7, 11) is 0. The van der Waals surface area contributed by atoms with E-state index < -0.39 is 0 Å². The molecule has 3 heterocycles. The van der Waals surface area contributed by atoms with Gasteiger partial charge >= 0.3 is 0 Å². The number of nitrogens with one attached hydrogen (secondary N) is 2. The lowest BCUT2D eigenvalue weighted by molar-refractivity contribution is -0.0334. The fraction of sp³-hybridized carbons (Fsp3) is 0.762. The third kappa shape index (κ3) is 7.30. The molecule has 1 aromatic heterocycles. The van der Waals surface area contributed by atoms with Crippen LogP contribution in [-0.2, 0) is 9.47 Å².